The van der Waals surface area contributed by atoms with Gasteiger partial charge in [0.25, 0.3) is 0 Å². The van der Waals surface area contributed by atoms with Crippen molar-refractivity contribution in [1.82, 2.24) is 9.97 Å². The molecule has 0 aliphatic heterocycles. The van der Waals surface area contributed by atoms with Crippen molar-refractivity contribution in [2.75, 3.05) is 0 Å². The Bertz CT molecular complexity index is 2520. The van der Waals surface area contributed by atoms with E-state index >= 15 is 0 Å². The molecule has 0 aliphatic rings. The maximum Gasteiger partial charge on any atom is 0.0973 e. The highest BCUT2D eigenvalue weighted by atomic mass is 32.1. The molecular weight excluding hydrogens is 565 g/mol. The first-order chi connectivity index (χ1) is 22.3. The summed E-state index contributed by atoms with van der Waals surface area (Å²) in [5.74, 6) is 0. The lowest BCUT2D eigenvalue weighted by atomic mass is 9.88. The second-order valence-corrected chi connectivity index (χ2v) is 12.4. The van der Waals surface area contributed by atoms with Crippen LogP contribution in [0.2, 0.25) is 0 Å². The lowest BCUT2D eigenvalue weighted by Gasteiger charge is -2.16. The molecule has 0 spiro atoms. The van der Waals surface area contributed by atoms with E-state index in [9.17, 15) is 0 Å². The van der Waals surface area contributed by atoms with Gasteiger partial charge in [-0.1, -0.05) is 140 Å². The lowest BCUT2D eigenvalue weighted by Crippen LogP contribution is -1.96. The van der Waals surface area contributed by atoms with Gasteiger partial charge in [-0.15, -0.1) is 11.3 Å². The number of thiophene rings is 1. The van der Waals surface area contributed by atoms with Crippen LogP contribution < -0.4 is 0 Å². The first-order valence-corrected chi connectivity index (χ1v) is 16.0. The minimum atomic E-state index is 0.883. The molecule has 0 radical (unpaired) electrons. The highest BCUT2D eigenvalue weighted by molar-refractivity contribution is 7.26. The number of benzene rings is 7. The van der Waals surface area contributed by atoms with Gasteiger partial charge >= 0.3 is 0 Å². The molecule has 2 heterocycles. The van der Waals surface area contributed by atoms with Crippen molar-refractivity contribution < 1.29 is 0 Å². The third kappa shape index (κ3) is 4.24. The van der Waals surface area contributed by atoms with Crippen molar-refractivity contribution in [2.24, 2.45) is 0 Å². The van der Waals surface area contributed by atoms with Crippen LogP contribution in [0.1, 0.15) is 0 Å². The van der Waals surface area contributed by atoms with Gasteiger partial charge in [-0.25, -0.2) is 9.97 Å². The number of fused-ring (bicyclic) bond motifs is 5. The van der Waals surface area contributed by atoms with E-state index in [2.05, 4.69) is 146 Å². The second-order valence-electron chi connectivity index (χ2n) is 11.3. The number of aromatic nitrogens is 2. The first kappa shape index (κ1) is 25.8. The molecule has 7 aromatic carbocycles. The van der Waals surface area contributed by atoms with Crippen LogP contribution in [-0.2, 0) is 0 Å². The van der Waals surface area contributed by atoms with E-state index < -0.39 is 0 Å². The molecule has 45 heavy (non-hydrogen) atoms. The Balaban J connectivity index is 1.37. The highest BCUT2D eigenvalue weighted by Gasteiger charge is 2.21. The summed E-state index contributed by atoms with van der Waals surface area (Å²) in [4.78, 5) is 10.5. The molecule has 0 amide bonds. The minimum absolute atomic E-state index is 0.883. The Kier molecular flexibility index (Phi) is 6.03. The summed E-state index contributed by atoms with van der Waals surface area (Å²) in [5, 5.41) is 5.08. The van der Waals surface area contributed by atoms with Crippen molar-refractivity contribution in [1.29, 1.82) is 0 Å². The summed E-state index contributed by atoms with van der Waals surface area (Å²) in [6.45, 7) is 0. The van der Waals surface area contributed by atoms with Gasteiger partial charge in [0, 0.05) is 36.9 Å². The van der Waals surface area contributed by atoms with E-state index in [1.54, 1.807) is 0 Å². The average molecular weight is 591 g/mol. The fourth-order valence-corrected chi connectivity index (χ4v) is 7.93. The Hall–Kier alpha value is -5.64. The zero-order valence-electron chi connectivity index (χ0n) is 24.3. The summed E-state index contributed by atoms with van der Waals surface area (Å²) < 4.78 is 2.60. The minimum Gasteiger partial charge on any atom is -0.244 e. The molecule has 0 atom stereocenters. The predicted molar refractivity (Wildman–Crippen MR) is 192 cm³/mol. The maximum absolute atomic E-state index is 5.32. The Morgan fingerprint density at radius 1 is 0.378 bits per heavy atom. The number of rotatable bonds is 4. The van der Waals surface area contributed by atoms with Crippen molar-refractivity contribution in [3.05, 3.63) is 158 Å². The van der Waals surface area contributed by atoms with Gasteiger partial charge in [0.1, 0.15) is 0 Å². The summed E-state index contributed by atoms with van der Waals surface area (Å²) >= 11 is 1.88. The van der Waals surface area contributed by atoms with Crippen LogP contribution in [0.4, 0.5) is 0 Å². The molecule has 2 nitrogen and oxygen atoms in total. The fourth-order valence-electron chi connectivity index (χ4n) is 6.64. The van der Waals surface area contributed by atoms with Gasteiger partial charge in [-0.2, -0.15) is 0 Å². The van der Waals surface area contributed by atoms with E-state index in [1.807, 2.05) is 23.5 Å². The number of nitrogens with zero attached hydrogens (tertiary/aromatic N) is 2. The molecule has 0 unspecified atom stereocenters. The summed E-state index contributed by atoms with van der Waals surface area (Å²) in [6, 6.07) is 55.8. The van der Waals surface area contributed by atoms with Crippen LogP contribution in [0, 0.1) is 0 Å². The van der Waals surface area contributed by atoms with Crippen LogP contribution in [-0.4, -0.2) is 9.97 Å². The molecule has 0 saturated heterocycles. The van der Waals surface area contributed by atoms with Crippen LogP contribution >= 0.6 is 11.3 Å². The van der Waals surface area contributed by atoms with Crippen molar-refractivity contribution in [3.8, 4) is 44.8 Å². The Morgan fingerprint density at radius 3 is 1.53 bits per heavy atom. The van der Waals surface area contributed by atoms with Crippen LogP contribution in [0.25, 0.3) is 86.7 Å². The van der Waals surface area contributed by atoms with Crippen molar-refractivity contribution >= 4 is 53.3 Å². The molecule has 0 N–H and O–H groups in total. The van der Waals surface area contributed by atoms with Crippen molar-refractivity contribution in [3.63, 3.8) is 0 Å². The third-order valence-electron chi connectivity index (χ3n) is 8.65. The van der Waals surface area contributed by atoms with E-state index in [4.69, 9.17) is 9.97 Å². The molecule has 0 fully saturated rings. The van der Waals surface area contributed by atoms with Gasteiger partial charge < -0.3 is 0 Å². The molecule has 3 heteroatoms. The zero-order chi connectivity index (χ0) is 29.7. The zero-order valence-corrected chi connectivity index (χ0v) is 25.1. The summed E-state index contributed by atoms with van der Waals surface area (Å²) in [6.07, 6.45) is 0. The maximum atomic E-state index is 5.32. The monoisotopic (exact) mass is 590 g/mol. The molecule has 0 bridgehead atoms. The highest BCUT2D eigenvalue weighted by Crippen LogP contribution is 2.50. The molecular formula is C42H26N2S. The molecule has 2 aromatic heterocycles. The Labute approximate surface area is 264 Å². The molecule has 9 aromatic rings. The quantitative estimate of drug-likeness (QED) is 0.204. The van der Waals surface area contributed by atoms with Gasteiger partial charge in [-0.05, 0) is 45.7 Å². The van der Waals surface area contributed by atoms with Crippen molar-refractivity contribution in [2.45, 2.75) is 0 Å². The van der Waals surface area contributed by atoms with Crippen LogP contribution in [0.5, 0.6) is 0 Å². The topological polar surface area (TPSA) is 25.8 Å². The molecule has 9 rings (SSSR count). The number of hydrogen-bond donors (Lipinski definition) is 0. The third-order valence-corrected chi connectivity index (χ3v) is 9.84. The van der Waals surface area contributed by atoms with Crippen LogP contribution in [0.3, 0.4) is 0 Å². The average Bonchev–Trinajstić information content (AvgIpc) is 3.50. The SMILES string of the molecule is c1ccc(-c2nc3ccc(-c4c5ccccc5c(-c5ccccc5)c5sc6ccccc6c45)cc3nc2-c2ccccc2)cc1. The van der Waals surface area contributed by atoms with Gasteiger partial charge in [0.05, 0.1) is 22.4 Å². The van der Waals surface area contributed by atoms with Gasteiger partial charge in [-0.3, -0.25) is 0 Å². The second kappa shape index (κ2) is 10.5. The normalized spacial score (nSPS) is 11.6. The summed E-state index contributed by atoms with van der Waals surface area (Å²) in [5.41, 5.74) is 10.6. The molecule has 0 saturated carbocycles. The van der Waals surface area contributed by atoms with Gasteiger partial charge in [0.15, 0.2) is 0 Å². The predicted octanol–water partition coefficient (Wildman–Crippen LogP) is 11.8. The number of hydrogen-bond acceptors (Lipinski definition) is 3. The van der Waals surface area contributed by atoms with E-state index in [0.29, 0.717) is 0 Å². The lowest BCUT2D eigenvalue weighted by molar-refractivity contribution is 1.29. The molecule has 210 valence electrons. The van der Waals surface area contributed by atoms with E-state index in [-0.39, 0.29) is 0 Å². The smallest absolute Gasteiger partial charge is 0.0973 e. The fraction of sp³-hybridized carbons (Fsp3) is 0. The molecule has 0 aliphatic carbocycles. The standard InChI is InChI=1S/C42H26N2S/c1-4-14-27(15-5-1)38-32-21-11-10-20-31(32)37(39-33-22-12-13-23-36(33)45-42(38)39)30-24-25-34-35(26-30)44-41(29-18-8-3-9-19-29)40(43-34)28-16-6-2-7-17-28/h1-26H. The Morgan fingerprint density at radius 2 is 0.889 bits per heavy atom. The van der Waals surface area contributed by atoms with Crippen LogP contribution in [0.15, 0.2) is 158 Å². The first-order valence-electron chi connectivity index (χ1n) is 15.2. The van der Waals surface area contributed by atoms with E-state index in [1.165, 1.54) is 47.6 Å². The summed E-state index contributed by atoms with van der Waals surface area (Å²) in [7, 11) is 0. The van der Waals surface area contributed by atoms with E-state index in [0.717, 1.165) is 39.1 Å². The largest absolute Gasteiger partial charge is 0.244 e. The van der Waals surface area contributed by atoms with Gasteiger partial charge in [0.2, 0.25) is 0 Å².